The van der Waals surface area contributed by atoms with Crippen molar-refractivity contribution in [3.05, 3.63) is 20.4 Å². The zero-order chi connectivity index (χ0) is 13.3. The van der Waals surface area contributed by atoms with Gasteiger partial charge >= 0.3 is 11.9 Å². The van der Waals surface area contributed by atoms with E-state index in [1.807, 2.05) is 0 Å². The van der Waals surface area contributed by atoms with Gasteiger partial charge < -0.3 is 14.3 Å². The molecule has 0 saturated carbocycles. The summed E-state index contributed by atoms with van der Waals surface area (Å²) in [4.78, 5) is 14.8. The van der Waals surface area contributed by atoms with E-state index in [0.717, 1.165) is 11.3 Å². The van der Waals surface area contributed by atoms with E-state index in [9.17, 15) is 4.79 Å². The Bertz CT molecular complexity index is 593. The van der Waals surface area contributed by atoms with E-state index in [4.69, 9.17) is 37.5 Å². The summed E-state index contributed by atoms with van der Waals surface area (Å²) in [6.45, 7) is 1.98. The smallest absolute Gasteiger partial charge is 0.362 e. The zero-order valence-corrected chi connectivity index (χ0v) is 11.4. The second-order valence-electron chi connectivity index (χ2n) is 3.13. The lowest BCUT2D eigenvalue weighted by Crippen LogP contribution is -2.01. The number of carbonyl (C=O) groups is 1. The largest absolute Gasteiger partial charge is 0.476 e. The van der Waals surface area contributed by atoms with Crippen molar-refractivity contribution in [3.63, 3.8) is 0 Å². The van der Waals surface area contributed by atoms with Crippen LogP contribution in [0.25, 0.3) is 11.5 Å². The van der Waals surface area contributed by atoms with E-state index in [2.05, 4.69) is 4.98 Å². The molecule has 18 heavy (non-hydrogen) atoms. The van der Waals surface area contributed by atoms with Crippen molar-refractivity contribution in [1.29, 1.82) is 0 Å². The minimum absolute atomic E-state index is 0.0731. The van der Waals surface area contributed by atoms with Crippen LogP contribution in [-0.4, -0.2) is 22.7 Å². The van der Waals surface area contributed by atoms with Crippen molar-refractivity contribution >= 4 is 40.5 Å². The summed E-state index contributed by atoms with van der Waals surface area (Å²) in [7, 11) is 0. The predicted molar refractivity (Wildman–Crippen MR) is 68.0 cm³/mol. The highest BCUT2D eigenvalue weighted by Gasteiger charge is 2.23. The number of carboxylic acids is 1. The minimum atomic E-state index is -1.23. The highest BCUT2D eigenvalue weighted by molar-refractivity contribution is 7.20. The van der Waals surface area contributed by atoms with Gasteiger partial charge in [-0.2, -0.15) is 4.98 Å². The molecule has 0 radical (unpaired) electrons. The fraction of sp³-hybridized carbons (Fsp3) is 0.200. The van der Waals surface area contributed by atoms with E-state index in [-0.39, 0.29) is 24.1 Å². The predicted octanol–water partition coefficient (Wildman–Crippen LogP) is 3.81. The molecule has 2 aromatic heterocycles. The second-order valence-corrected chi connectivity index (χ2v) is 5.42. The van der Waals surface area contributed by atoms with Crippen LogP contribution in [0.15, 0.2) is 10.5 Å². The molecular formula is C10H7Cl2NO4S. The van der Waals surface area contributed by atoms with Crippen LogP contribution < -0.4 is 4.74 Å². The summed E-state index contributed by atoms with van der Waals surface area (Å²) < 4.78 is 11.1. The summed E-state index contributed by atoms with van der Waals surface area (Å²) in [5, 5.41) is 8.97. The van der Waals surface area contributed by atoms with Gasteiger partial charge in [-0.25, -0.2) is 4.79 Å². The van der Waals surface area contributed by atoms with Gasteiger partial charge in [0, 0.05) is 0 Å². The Hall–Kier alpha value is -1.24. The van der Waals surface area contributed by atoms with Crippen LogP contribution >= 0.6 is 34.5 Å². The molecular weight excluding hydrogens is 301 g/mol. The molecule has 0 fully saturated rings. The topological polar surface area (TPSA) is 72.6 Å². The molecule has 5 nitrogen and oxygen atoms in total. The summed E-state index contributed by atoms with van der Waals surface area (Å²) in [5.41, 5.74) is 0.158. The van der Waals surface area contributed by atoms with Gasteiger partial charge in [0.15, 0.2) is 0 Å². The molecule has 0 aliphatic heterocycles. The van der Waals surface area contributed by atoms with Crippen molar-refractivity contribution in [3.8, 4) is 17.4 Å². The van der Waals surface area contributed by atoms with Crippen molar-refractivity contribution in [1.82, 2.24) is 4.98 Å². The zero-order valence-electron chi connectivity index (χ0n) is 9.07. The maximum atomic E-state index is 11.0. The van der Waals surface area contributed by atoms with Gasteiger partial charge in [-0.05, 0) is 13.0 Å². The quantitative estimate of drug-likeness (QED) is 0.930. The average Bonchev–Trinajstić information content (AvgIpc) is 2.83. The molecule has 0 bridgehead atoms. The molecule has 0 aromatic carbocycles. The number of thiophene rings is 1. The van der Waals surface area contributed by atoms with Gasteiger partial charge in [-0.3, -0.25) is 0 Å². The van der Waals surface area contributed by atoms with Crippen molar-refractivity contribution in [2.45, 2.75) is 6.92 Å². The molecule has 0 aliphatic carbocycles. The lowest BCUT2D eigenvalue weighted by Gasteiger charge is -1.96. The highest BCUT2D eigenvalue weighted by Crippen LogP contribution is 2.39. The Balaban J connectivity index is 2.49. The molecule has 0 atom stereocenters. The van der Waals surface area contributed by atoms with Crippen LogP contribution in [0.5, 0.6) is 5.95 Å². The molecule has 2 rings (SSSR count). The normalized spacial score (nSPS) is 10.6. The molecule has 96 valence electrons. The van der Waals surface area contributed by atoms with E-state index < -0.39 is 5.97 Å². The summed E-state index contributed by atoms with van der Waals surface area (Å²) >= 11 is 12.9. The third-order valence-electron chi connectivity index (χ3n) is 1.96. The van der Waals surface area contributed by atoms with Crippen molar-refractivity contribution < 1.29 is 19.1 Å². The second kappa shape index (κ2) is 5.17. The molecule has 1 N–H and O–H groups in total. The molecule has 0 amide bonds. The molecule has 8 heteroatoms. The first kappa shape index (κ1) is 13.2. The summed E-state index contributed by atoms with van der Waals surface area (Å²) in [5.74, 6) is -1.30. The Kier molecular flexibility index (Phi) is 3.79. The van der Waals surface area contributed by atoms with Gasteiger partial charge in [-0.1, -0.05) is 23.2 Å². The Morgan fingerprint density at radius 3 is 2.83 bits per heavy atom. The molecule has 0 spiro atoms. The van der Waals surface area contributed by atoms with Crippen LogP contribution in [0.3, 0.4) is 0 Å². The van der Waals surface area contributed by atoms with E-state index in [1.54, 1.807) is 13.0 Å². The number of nitrogens with zero attached hydrogens (tertiary/aromatic N) is 1. The maximum Gasteiger partial charge on any atom is 0.362 e. The molecule has 0 saturated heterocycles. The first-order valence-corrected chi connectivity index (χ1v) is 6.42. The standard InChI is InChI=1S/C10H7Cl2NO4S/c1-2-16-10-6(9(14)15)13-8(17-10)4-3-5(11)18-7(4)12/h3H,2H2,1H3,(H,14,15). The molecule has 0 unspecified atom stereocenters. The van der Waals surface area contributed by atoms with Gasteiger partial charge in [-0.15, -0.1) is 11.3 Å². The number of ether oxygens (including phenoxy) is 1. The highest BCUT2D eigenvalue weighted by atomic mass is 35.5. The SMILES string of the molecule is CCOc1oc(-c2cc(Cl)sc2Cl)nc1C(=O)O. The van der Waals surface area contributed by atoms with Crippen LogP contribution in [0.4, 0.5) is 0 Å². The number of aromatic carboxylic acids is 1. The number of aromatic nitrogens is 1. The van der Waals surface area contributed by atoms with Crippen molar-refractivity contribution in [2.75, 3.05) is 6.61 Å². The monoisotopic (exact) mass is 307 g/mol. The van der Waals surface area contributed by atoms with E-state index in [1.165, 1.54) is 0 Å². The number of carboxylic acid groups (broad SMARTS) is 1. The van der Waals surface area contributed by atoms with Gasteiger partial charge in [0.1, 0.15) is 4.34 Å². The van der Waals surface area contributed by atoms with Crippen LogP contribution in [0, 0.1) is 0 Å². The first-order chi connectivity index (χ1) is 8.52. The fourth-order valence-corrected chi connectivity index (χ4v) is 2.72. The van der Waals surface area contributed by atoms with Crippen LogP contribution in [0.2, 0.25) is 8.67 Å². The third kappa shape index (κ3) is 2.45. The summed E-state index contributed by atoms with van der Waals surface area (Å²) in [6.07, 6.45) is 0. The minimum Gasteiger partial charge on any atom is -0.476 e. The number of rotatable bonds is 4. The van der Waals surface area contributed by atoms with Crippen LogP contribution in [0.1, 0.15) is 17.4 Å². The Labute approximate surface area is 116 Å². The van der Waals surface area contributed by atoms with Crippen molar-refractivity contribution in [2.24, 2.45) is 0 Å². The van der Waals surface area contributed by atoms with Gasteiger partial charge in [0.25, 0.3) is 0 Å². The molecule has 2 aromatic rings. The Morgan fingerprint density at radius 1 is 1.61 bits per heavy atom. The number of halogens is 2. The van der Waals surface area contributed by atoms with Gasteiger partial charge in [0.05, 0.1) is 16.5 Å². The summed E-state index contributed by atoms with van der Waals surface area (Å²) in [6, 6.07) is 1.56. The number of oxazole rings is 1. The van der Waals surface area contributed by atoms with E-state index >= 15 is 0 Å². The van der Waals surface area contributed by atoms with Gasteiger partial charge in [0.2, 0.25) is 11.6 Å². The first-order valence-electron chi connectivity index (χ1n) is 4.85. The lowest BCUT2D eigenvalue weighted by atomic mass is 10.3. The maximum absolute atomic E-state index is 11.0. The average molecular weight is 308 g/mol. The fourth-order valence-electron chi connectivity index (χ4n) is 1.27. The Morgan fingerprint density at radius 2 is 2.33 bits per heavy atom. The molecule has 0 aliphatic rings. The number of hydrogen-bond acceptors (Lipinski definition) is 5. The number of hydrogen-bond donors (Lipinski definition) is 1. The van der Waals surface area contributed by atoms with E-state index in [0.29, 0.717) is 14.2 Å². The lowest BCUT2D eigenvalue weighted by molar-refractivity contribution is 0.0683. The third-order valence-corrected chi connectivity index (χ3v) is 3.45. The van der Waals surface area contributed by atoms with Crippen LogP contribution in [-0.2, 0) is 0 Å². The molecule has 2 heterocycles.